The molecule has 0 aliphatic heterocycles. The van der Waals surface area contributed by atoms with Crippen LogP contribution in [0.4, 0.5) is 5.69 Å². The Morgan fingerprint density at radius 3 is 2.94 bits per heavy atom. The molecule has 0 aromatic carbocycles. The van der Waals surface area contributed by atoms with Gasteiger partial charge < -0.3 is 10.1 Å². The average molecular weight is 222 g/mol. The molecule has 1 aromatic heterocycles. The Balaban J connectivity index is 2.57. The molecule has 0 saturated carbocycles. The highest BCUT2D eigenvalue weighted by Gasteiger charge is 2.06. The second-order valence-corrected chi connectivity index (χ2v) is 4.03. The lowest BCUT2D eigenvalue weighted by Crippen LogP contribution is -2.08. The molecule has 4 heteroatoms. The van der Waals surface area contributed by atoms with Gasteiger partial charge in [0.05, 0.1) is 7.11 Å². The molecule has 0 aliphatic rings. The largest absolute Gasteiger partial charge is 0.464 e. The molecule has 0 fully saturated rings. The molecule has 0 unspecified atom stereocenters. The molecule has 0 saturated heterocycles. The maximum atomic E-state index is 11.2. The number of nitrogens with zero attached hydrogens (tertiary/aromatic N) is 1. The van der Waals surface area contributed by atoms with Gasteiger partial charge in [0.25, 0.3) is 0 Å². The number of pyridine rings is 1. The Labute approximate surface area is 96.0 Å². The van der Waals surface area contributed by atoms with E-state index >= 15 is 0 Å². The summed E-state index contributed by atoms with van der Waals surface area (Å²) >= 11 is 0. The van der Waals surface area contributed by atoms with E-state index in [0.717, 1.165) is 18.7 Å². The standard InChI is InChI=1S/C12H18N2O2/c1-9(2)4-6-13-10-5-7-14-11(8-10)12(15)16-3/h5,7-9H,4,6H2,1-3H3,(H,13,14). The number of esters is 1. The van der Waals surface area contributed by atoms with Crippen molar-refractivity contribution in [1.29, 1.82) is 0 Å². The van der Waals surface area contributed by atoms with Crippen molar-refractivity contribution in [1.82, 2.24) is 4.98 Å². The van der Waals surface area contributed by atoms with Gasteiger partial charge in [0.15, 0.2) is 0 Å². The molecule has 1 heterocycles. The van der Waals surface area contributed by atoms with Crippen molar-refractivity contribution in [3.63, 3.8) is 0 Å². The van der Waals surface area contributed by atoms with Crippen LogP contribution in [0.2, 0.25) is 0 Å². The van der Waals surface area contributed by atoms with E-state index in [1.807, 2.05) is 6.07 Å². The van der Waals surface area contributed by atoms with Crippen molar-refractivity contribution in [2.75, 3.05) is 19.0 Å². The number of methoxy groups -OCH3 is 1. The van der Waals surface area contributed by atoms with E-state index in [1.54, 1.807) is 12.3 Å². The van der Waals surface area contributed by atoms with Crippen LogP contribution in [0.25, 0.3) is 0 Å². The monoisotopic (exact) mass is 222 g/mol. The Hall–Kier alpha value is -1.58. The second kappa shape index (κ2) is 6.10. The zero-order valence-electron chi connectivity index (χ0n) is 9.99. The van der Waals surface area contributed by atoms with Crippen molar-refractivity contribution < 1.29 is 9.53 Å². The van der Waals surface area contributed by atoms with Gasteiger partial charge in [-0.3, -0.25) is 0 Å². The van der Waals surface area contributed by atoms with Crippen molar-refractivity contribution >= 4 is 11.7 Å². The summed E-state index contributed by atoms with van der Waals surface area (Å²) < 4.78 is 4.60. The number of rotatable bonds is 5. The topological polar surface area (TPSA) is 51.2 Å². The predicted molar refractivity (Wildman–Crippen MR) is 63.5 cm³/mol. The summed E-state index contributed by atoms with van der Waals surface area (Å²) in [6.07, 6.45) is 2.69. The first kappa shape index (κ1) is 12.5. The van der Waals surface area contributed by atoms with Crippen LogP contribution in [0, 0.1) is 5.92 Å². The van der Waals surface area contributed by atoms with Crippen LogP contribution in [0.15, 0.2) is 18.3 Å². The van der Waals surface area contributed by atoms with Crippen LogP contribution in [0.5, 0.6) is 0 Å². The Bertz CT molecular complexity index is 351. The van der Waals surface area contributed by atoms with E-state index in [9.17, 15) is 4.79 Å². The van der Waals surface area contributed by atoms with E-state index in [2.05, 4.69) is 28.9 Å². The smallest absolute Gasteiger partial charge is 0.356 e. The molecule has 0 amide bonds. The Morgan fingerprint density at radius 1 is 1.56 bits per heavy atom. The molecule has 0 spiro atoms. The summed E-state index contributed by atoms with van der Waals surface area (Å²) in [5.41, 5.74) is 1.23. The van der Waals surface area contributed by atoms with Gasteiger partial charge in [-0.1, -0.05) is 13.8 Å². The second-order valence-electron chi connectivity index (χ2n) is 4.03. The van der Waals surface area contributed by atoms with E-state index < -0.39 is 5.97 Å². The zero-order chi connectivity index (χ0) is 12.0. The number of aromatic nitrogens is 1. The molecule has 1 rings (SSSR count). The molecule has 1 N–H and O–H groups in total. The first-order valence-corrected chi connectivity index (χ1v) is 5.41. The first-order valence-electron chi connectivity index (χ1n) is 5.41. The van der Waals surface area contributed by atoms with Crippen molar-refractivity contribution in [2.45, 2.75) is 20.3 Å². The van der Waals surface area contributed by atoms with Gasteiger partial charge in [0.1, 0.15) is 5.69 Å². The highest BCUT2D eigenvalue weighted by atomic mass is 16.5. The van der Waals surface area contributed by atoms with Crippen molar-refractivity contribution in [2.24, 2.45) is 5.92 Å². The number of carbonyl (C=O) groups excluding carboxylic acids is 1. The number of anilines is 1. The minimum atomic E-state index is -0.410. The number of hydrogen-bond donors (Lipinski definition) is 1. The quantitative estimate of drug-likeness (QED) is 0.777. The maximum Gasteiger partial charge on any atom is 0.356 e. The number of hydrogen-bond acceptors (Lipinski definition) is 4. The molecule has 0 bridgehead atoms. The van der Waals surface area contributed by atoms with E-state index in [-0.39, 0.29) is 0 Å². The van der Waals surface area contributed by atoms with Crippen LogP contribution >= 0.6 is 0 Å². The third-order valence-electron chi connectivity index (χ3n) is 2.21. The maximum absolute atomic E-state index is 11.2. The van der Waals surface area contributed by atoms with Gasteiger partial charge in [0, 0.05) is 18.4 Å². The summed E-state index contributed by atoms with van der Waals surface area (Å²) in [5, 5.41) is 3.25. The van der Waals surface area contributed by atoms with Gasteiger partial charge in [-0.2, -0.15) is 0 Å². The Morgan fingerprint density at radius 2 is 2.31 bits per heavy atom. The third kappa shape index (κ3) is 3.88. The summed E-state index contributed by atoms with van der Waals surface area (Å²) in [6.45, 7) is 5.24. The molecular formula is C12H18N2O2. The molecule has 0 radical (unpaired) electrons. The normalized spacial score (nSPS) is 10.2. The van der Waals surface area contributed by atoms with Gasteiger partial charge in [-0.25, -0.2) is 9.78 Å². The fraction of sp³-hybridized carbons (Fsp3) is 0.500. The summed E-state index contributed by atoms with van der Waals surface area (Å²) in [4.78, 5) is 15.2. The van der Waals surface area contributed by atoms with E-state index in [0.29, 0.717) is 11.6 Å². The lowest BCUT2D eigenvalue weighted by Gasteiger charge is -2.08. The lowest BCUT2D eigenvalue weighted by atomic mass is 10.1. The Kier molecular flexibility index (Phi) is 4.76. The molecule has 0 aliphatic carbocycles. The molecule has 88 valence electrons. The average Bonchev–Trinajstić information content (AvgIpc) is 2.28. The molecule has 0 atom stereocenters. The van der Waals surface area contributed by atoms with Gasteiger partial charge in [0.2, 0.25) is 0 Å². The minimum Gasteiger partial charge on any atom is -0.464 e. The zero-order valence-corrected chi connectivity index (χ0v) is 9.99. The van der Waals surface area contributed by atoms with Crippen LogP contribution < -0.4 is 5.32 Å². The van der Waals surface area contributed by atoms with Crippen LogP contribution in [0.1, 0.15) is 30.8 Å². The number of nitrogens with one attached hydrogen (secondary N) is 1. The molecule has 1 aromatic rings. The fourth-order valence-corrected chi connectivity index (χ4v) is 1.26. The van der Waals surface area contributed by atoms with Gasteiger partial charge >= 0.3 is 5.97 Å². The van der Waals surface area contributed by atoms with Crippen LogP contribution in [0.3, 0.4) is 0 Å². The minimum absolute atomic E-state index is 0.331. The third-order valence-corrected chi connectivity index (χ3v) is 2.21. The van der Waals surface area contributed by atoms with Gasteiger partial charge in [-0.15, -0.1) is 0 Å². The van der Waals surface area contributed by atoms with Crippen molar-refractivity contribution in [3.8, 4) is 0 Å². The van der Waals surface area contributed by atoms with Crippen LogP contribution in [-0.2, 0) is 4.74 Å². The SMILES string of the molecule is COC(=O)c1cc(NCCC(C)C)ccn1. The lowest BCUT2D eigenvalue weighted by molar-refractivity contribution is 0.0594. The predicted octanol–water partition coefficient (Wildman–Crippen LogP) is 2.33. The van der Waals surface area contributed by atoms with E-state index in [4.69, 9.17) is 0 Å². The molecular weight excluding hydrogens is 204 g/mol. The summed E-state index contributed by atoms with van der Waals surface area (Å²) in [5.74, 6) is 0.252. The summed E-state index contributed by atoms with van der Waals surface area (Å²) in [7, 11) is 1.35. The highest BCUT2D eigenvalue weighted by Crippen LogP contribution is 2.09. The number of ether oxygens (including phenoxy) is 1. The fourth-order valence-electron chi connectivity index (χ4n) is 1.26. The van der Waals surface area contributed by atoms with Gasteiger partial charge in [-0.05, 0) is 24.5 Å². The van der Waals surface area contributed by atoms with Crippen LogP contribution in [-0.4, -0.2) is 24.6 Å². The highest BCUT2D eigenvalue weighted by molar-refractivity contribution is 5.88. The molecule has 4 nitrogen and oxygen atoms in total. The molecule has 16 heavy (non-hydrogen) atoms. The number of carbonyl (C=O) groups is 1. The first-order chi connectivity index (χ1) is 7.63. The summed E-state index contributed by atoms with van der Waals surface area (Å²) in [6, 6.07) is 3.54. The van der Waals surface area contributed by atoms with Crippen molar-refractivity contribution in [3.05, 3.63) is 24.0 Å². The van der Waals surface area contributed by atoms with E-state index in [1.165, 1.54) is 7.11 Å².